The van der Waals surface area contributed by atoms with E-state index < -0.39 is 24.3 Å². The largest absolute Gasteiger partial charge is 0.381 e. The highest BCUT2D eigenvalue weighted by molar-refractivity contribution is 5.87. The Morgan fingerprint density at radius 3 is 2.75 bits per heavy atom. The van der Waals surface area contributed by atoms with Crippen molar-refractivity contribution in [1.29, 1.82) is 0 Å². The summed E-state index contributed by atoms with van der Waals surface area (Å²) in [5, 5.41) is 12.6. The SMILES string of the molecule is CC(=O)N[C@@H]1[C@H]2CO[C@H](c3ccccc3)N2C(=O)[C@@H]1O. The van der Waals surface area contributed by atoms with Gasteiger partial charge in [-0.1, -0.05) is 30.3 Å². The van der Waals surface area contributed by atoms with Crippen LogP contribution in [0.2, 0.25) is 0 Å². The average molecular weight is 276 g/mol. The zero-order valence-electron chi connectivity index (χ0n) is 11.0. The molecule has 0 radical (unpaired) electrons. The number of ether oxygens (including phenoxy) is 1. The number of hydrogen-bond donors (Lipinski definition) is 2. The number of carbonyl (C=O) groups excluding carboxylic acids is 2. The third kappa shape index (κ3) is 1.97. The van der Waals surface area contributed by atoms with E-state index in [9.17, 15) is 14.7 Å². The van der Waals surface area contributed by atoms with Gasteiger partial charge in [0.15, 0.2) is 12.3 Å². The van der Waals surface area contributed by atoms with Crippen molar-refractivity contribution in [1.82, 2.24) is 10.2 Å². The van der Waals surface area contributed by atoms with E-state index in [2.05, 4.69) is 5.32 Å². The maximum atomic E-state index is 12.2. The lowest BCUT2D eigenvalue weighted by Crippen LogP contribution is -2.47. The quantitative estimate of drug-likeness (QED) is 0.783. The molecule has 0 aromatic heterocycles. The first-order chi connectivity index (χ1) is 9.59. The summed E-state index contributed by atoms with van der Waals surface area (Å²) in [4.78, 5) is 24.9. The Labute approximate surface area is 116 Å². The summed E-state index contributed by atoms with van der Waals surface area (Å²) in [6, 6.07) is 8.43. The molecule has 6 nitrogen and oxygen atoms in total. The van der Waals surface area contributed by atoms with Gasteiger partial charge in [0.1, 0.15) is 0 Å². The summed E-state index contributed by atoms with van der Waals surface area (Å²) in [5.74, 6) is -0.674. The lowest BCUT2D eigenvalue weighted by atomic mass is 10.1. The number of amides is 2. The van der Waals surface area contributed by atoms with Crippen LogP contribution in [0.5, 0.6) is 0 Å². The Bertz CT molecular complexity index is 533. The van der Waals surface area contributed by atoms with E-state index >= 15 is 0 Å². The Hall–Kier alpha value is -1.92. The van der Waals surface area contributed by atoms with Gasteiger partial charge in [0.2, 0.25) is 5.91 Å². The molecule has 20 heavy (non-hydrogen) atoms. The number of nitrogens with zero attached hydrogens (tertiary/aromatic N) is 1. The van der Waals surface area contributed by atoms with Gasteiger partial charge in [-0.05, 0) is 0 Å². The number of carbonyl (C=O) groups is 2. The van der Waals surface area contributed by atoms with Gasteiger partial charge in [0, 0.05) is 12.5 Å². The predicted molar refractivity (Wildman–Crippen MR) is 69.4 cm³/mol. The minimum Gasteiger partial charge on any atom is -0.381 e. The topological polar surface area (TPSA) is 78.9 Å². The zero-order valence-corrected chi connectivity index (χ0v) is 11.0. The van der Waals surface area contributed by atoms with Crippen LogP contribution in [0.1, 0.15) is 18.7 Å². The third-order valence-electron chi connectivity index (χ3n) is 3.75. The Morgan fingerprint density at radius 1 is 1.40 bits per heavy atom. The van der Waals surface area contributed by atoms with E-state index in [1.54, 1.807) is 0 Å². The molecule has 2 fully saturated rings. The first kappa shape index (κ1) is 13.1. The maximum Gasteiger partial charge on any atom is 0.256 e. The molecular weight excluding hydrogens is 260 g/mol. The molecule has 6 heteroatoms. The van der Waals surface area contributed by atoms with Crippen LogP contribution in [-0.2, 0) is 14.3 Å². The van der Waals surface area contributed by atoms with Gasteiger partial charge < -0.3 is 20.1 Å². The molecule has 0 bridgehead atoms. The monoisotopic (exact) mass is 276 g/mol. The molecule has 2 amide bonds. The molecule has 0 unspecified atom stereocenters. The molecule has 2 N–H and O–H groups in total. The van der Waals surface area contributed by atoms with E-state index in [1.807, 2.05) is 30.3 Å². The van der Waals surface area contributed by atoms with Gasteiger partial charge in [-0.3, -0.25) is 9.59 Å². The van der Waals surface area contributed by atoms with E-state index in [0.29, 0.717) is 6.61 Å². The van der Waals surface area contributed by atoms with E-state index in [4.69, 9.17) is 4.74 Å². The predicted octanol–water partition coefficient (Wildman–Crippen LogP) is -0.208. The minimum atomic E-state index is -1.21. The summed E-state index contributed by atoms with van der Waals surface area (Å²) in [5.41, 5.74) is 0.860. The van der Waals surface area contributed by atoms with Crippen LogP contribution >= 0.6 is 0 Å². The van der Waals surface area contributed by atoms with Crippen molar-refractivity contribution in [3.05, 3.63) is 35.9 Å². The molecule has 0 saturated carbocycles. The van der Waals surface area contributed by atoms with Gasteiger partial charge in [-0.2, -0.15) is 0 Å². The van der Waals surface area contributed by atoms with Crippen LogP contribution < -0.4 is 5.32 Å². The van der Waals surface area contributed by atoms with Crippen LogP contribution in [0.3, 0.4) is 0 Å². The van der Waals surface area contributed by atoms with E-state index in [-0.39, 0.29) is 11.9 Å². The number of aliphatic hydroxyl groups is 1. The average Bonchev–Trinajstić information content (AvgIpc) is 2.96. The number of rotatable bonds is 2. The normalized spacial score (nSPS) is 32.3. The summed E-state index contributed by atoms with van der Waals surface area (Å²) in [7, 11) is 0. The fourth-order valence-corrected chi connectivity index (χ4v) is 2.88. The summed E-state index contributed by atoms with van der Waals surface area (Å²) in [6.45, 7) is 1.66. The van der Waals surface area contributed by atoms with Crippen LogP contribution in [0.25, 0.3) is 0 Å². The molecule has 2 aliphatic heterocycles. The second-order valence-electron chi connectivity index (χ2n) is 5.08. The van der Waals surface area contributed by atoms with E-state index in [0.717, 1.165) is 5.56 Å². The Kier molecular flexibility index (Phi) is 3.19. The van der Waals surface area contributed by atoms with Gasteiger partial charge >= 0.3 is 0 Å². The minimum absolute atomic E-state index is 0.271. The van der Waals surface area contributed by atoms with Crippen molar-refractivity contribution in [2.24, 2.45) is 0 Å². The molecule has 0 spiro atoms. The fraction of sp³-hybridized carbons (Fsp3) is 0.429. The lowest BCUT2D eigenvalue weighted by molar-refractivity contribution is -0.141. The molecule has 3 rings (SSSR count). The van der Waals surface area contributed by atoms with Gasteiger partial charge in [0.05, 0.1) is 18.7 Å². The highest BCUT2D eigenvalue weighted by Crippen LogP contribution is 2.37. The second kappa shape index (κ2) is 4.88. The summed E-state index contributed by atoms with van der Waals surface area (Å²) in [6.07, 6.45) is -1.71. The molecule has 106 valence electrons. The van der Waals surface area contributed by atoms with E-state index in [1.165, 1.54) is 11.8 Å². The molecule has 2 saturated heterocycles. The summed E-state index contributed by atoms with van der Waals surface area (Å²) < 4.78 is 5.68. The van der Waals surface area contributed by atoms with Crippen molar-refractivity contribution < 1.29 is 19.4 Å². The molecule has 4 atom stereocenters. The Morgan fingerprint density at radius 2 is 2.10 bits per heavy atom. The van der Waals surface area contributed by atoms with Gasteiger partial charge in [-0.25, -0.2) is 0 Å². The number of fused-ring (bicyclic) bond motifs is 1. The fourth-order valence-electron chi connectivity index (χ4n) is 2.88. The molecule has 1 aromatic carbocycles. The number of hydrogen-bond acceptors (Lipinski definition) is 4. The van der Waals surface area contributed by atoms with Crippen LogP contribution in [0.4, 0.5) is 0 Å². The molecule has 1 aromatic rings. The number of aliphatic hydroxyl groups excluding tert-OH is 1. The van der Waals surface area contributed by atoms with Crippen LogP contribution in [0, 0.1) is 0 Å². The molecule has 0 aliphatic carbocycles. The van der Waals surface area contributed by atoms with Crippen molar-refractivity contribution in [3.8, 4) is 0 Å². The van der Waals surface area contributed by atoms with Crippen LogP contribution in [-0.4, -0.2) is 46.6 Å². The van der Waals surface area contributed by atoms with Crippen LogP contribution in [0.15, 0.2) is 30.3 Å². The highest BCUT2D eigenvalue weighted by atomic mass is 16.5. The number of benzene rings is 1. The molecular formula is C14H16N2O4. The van der Waals surface area contributed by atoms with Crippen molar-refractivity contribution in [2.45, 2.75) is 31.3 Å². The maximum absolute atomic E-state index is 12.2. The molecule has 2 heterocycles. The van der Waals surface area contributed by atoms with Crippen molar-refractivity contribution in [3.63, 3.8) is 0 Å². The van der Waals surface area contributed by atoms with Crippen molar-refractivity contribution in [2.75, 3.05) is 6.61 Å². The first-order valence-electron chi connectivity index (χ1n) is 6.53. The number of nitrogens with one attached hydrogen (secondary N) is 1. The standard InChI is InChI=1S/C14H16N2O4/c1-8(17)15-11-10-7-20-14(9-5-3-2-4-6-9)16(10)13(19)12(11)18/h2-6,10-12,14,18H,7H2,1H3,(H,15,17)/t10-,11-,12-,14-/m1/s1. The Balaban J connectivity index is 1.88. The third-order valence-corrected chi connectivity index (χ3v) is 3.75. The highest BCUT2D eigenvalue weighted by Gasteiger charge is 2.54. The zero-order chi connectivity index (χ0) is 14.3. The smallest absolute Gasteiger partial charge is 0.256 e. The molecule has 2 aliphatic rings. The summed E-state index contributed by atoms with van der Waals surface area (Å²) >= 11 is 0. The lowest BCUT2D eigenvalue weighted by Gasteiger charge is -2.23. The second-order valence-corrected chi connectivity index (χ2v) is 5.08. The van der Waals surface area contributed by atoms with Gasteiger partial charge in [0.25, 0.3) is 5.91 Å². The van der Waals surface area contributed by atoms with Gasteiger partial charge in [-0.15, -0.1) is 0 Å². The van der Waals surface area contributed by atoms with Crippen molar-refractivity contribution >= 4 is 11.8 Å². The first-order valence-corrected chi connectivity index (χ1v) is 6.53.